The van der Waals surface area contributed by atoms with Gasteiger partial charge >= 0.3 is 0 Å². The molecular formula is C26H19F3N4O5. The van der Waals surface area contributed by atoms with Gasteiger partial charge < -0.3 is 30.2 Å². The van der Waals surface area contributed by atoms with E-state index in [2.05, 4.69) is 10.3 Å². The number of nitrogens with two attached hydrogens (primary N) is 1. The van der Waals surface area contributed by atoms with Crippen molar-refractivity contribution >= 4 is 55.4 Å². The van der Waals surface area contributed by atoms with E-state index in [1.165, 1.54) is 34.9 Å². The number of aromatic amines is 1. The number of aliphatic hydroxyl groups excluding tert-OH is 2. The lowest BCUT2D eigenvalue weighted by atomic mass is 9.96. The Bertz CT molecular complexity index is 1860. The van der Waals surface area contributed by atoms with Crippen molar-refractivity contribution in [2.75, 3.05) is 6.54 Å². The first kappa shape index (κ1) is 23.2. The van der Waals surface area contributed by atoms with Gasteiger partial charge in [-0.15, -0.1) is 0 Å². The number of fused-ring (bicyclic) bond motifs is 10. The van der Waals surface area contributed by atoms with Gasteiger partial charge in [-0.3, -0.25) is 14.9 Å². The third-order valence-corrected chi connectivity index (χ3v) is 7.52. The topological polar surface area (TPSA) is 143 Å². The maximum Gasteiger partial charge on any atom is 0.259 e. The van der Waals surface area contributed by atoms with Gasteiger partial charge in [0.1, 0.15) is 29.9 Å². The summed E-state index contributed by atoms with van der Waals surface area (Å²) in [6.45, 7) is -0.305. The molecule has 5 atom stereocenters. The van der Waals surface area contributed by atoms with Crippen LogP contribution in [0.5, 0.6) is 0 Å². The van der Waals surface area contributed by atoms with Gasteiger partial charge in [0.2, 0.25) is 0 Å². The van der Waals surface area contributed by atoms with Crippen molar-refractivity contribution in [1.29, 1.82) is 0 Å². The maximum absolute atomic E-state index is 14.7. The molecule has 4 heterocycles. The van der Waals surface area contributed by atoms with Crippen molar-refractivity contribution in [3.8, 4) is 0 Å². The molecule has 1 saturated heterocycles. The molecule has 0 aliphatic carbocycles. The SMILES string of the molecule is NC[C@H]1O[C@@H](n2c3ccc(F)cc3c3c4c(c5c6cc(F)ccc6[nH]c5c32)C(=O)NC4=O)[C@H](O)[C@@H](O)[C@@H]1F. The highest BCUT2D eigenvalue weighted by atomic mass is 19.1. The Morgan fingerprint density at radius 1 is 0.947 bits per heavy atom. The molecule has 0 bridgehead atoms. The molecule has 5 aromatic rings. The molecule has 9 nitrogen and oxygen atoms in total. The van der Waals surface area contributed by atoms with Crippen molar-refractivity contribution in [3.05, 3.63) is 59.2 Å². The fourth-order valence-corrected chi connectivity index (χ4v) is 5.89. The lowest BCUT2D eigenvalue weighted by molar-refractivity contribution is -0.223. The van der Waals surface area contributed by atoms with Crippen LogP contribution in [0.2, 0.25) is 0 Å². The summed E-state index contributed by atoms with van der Waals surface area (Å²) in [5, 5.41) is 24.7. The van der Waals surface area contributed by atoms with Gasteiger partial charge in [-0.25, -0.2) is 13.2 Å². The number of rotatable bonds is 2. The minimum atomic E-state index is -1.97. The summed E-state index contributed by atoms with van der Waals surface area (Å²) in [7, 11) is 0. The number of benzene rings is 3. The number of aliphatic hydroxyl groups is 2. The van der Waals surface area contributed by atoms with E-state index in [9.17, 15) is 33.0 Å². The highest BCUT2D eigenvalue weighted by molar-refractivity contribution is 6.39. The van der Waals surface area contributed by atoms with Crippen molar-refractivity contribution in [2.45, 2.75) is 30.7 Å². The van der Waals surface area contributed by atoms with E-state index in [4.69, 9.17) is 10.5 Å². The van der Waals surface area contributed by atoms with E-state index >= 15 is 0 Å². The van der Waals surface area contributed by atoms with Crippen LogP contribution < -0.4 is 11.1 Å². The number of carbonyl (C=O) groups is 2. The van der Waals surface area contributed by atoms with Crippen LogP contribution >= 0.6 is 0 Å². The summed E-state index contributed by atoms with van der Waals surface area (Å²) in [6, 6.07) is 7.63. The standard InChI is InChI=1S/C26H19F3N4O5/c27-8-1-3-12-10(5-8)15-17-18(25(37)32-24(17)36)16-11-6-9(28)2-4-13(11)33(21(16)20(15)31-12)26-23(35)22(34)19(29)14(7-30)38-26/h1-6,14,19,22-23,26,31,34-35H,7,30H2,(H,32,36,37)/t14-,19-,22+,23-,26-/m1/s1. The number of imide groups is 1. The Kier molecular flexibility index (Phi) is 4.74. The molecule has 2 aliphatic rings. The number of hydrogen-bond acceptors (Lipinski definition) is 6. The first-order valence-electron chi connectivity index (χ1n) is 11.8. The van der Waals surface area contributed by atoms with Crippen LogP contribution in [0.25, 0.3) is 43.6 Å². The molecule has 7 rings (SSSR count). The smallest absolute Gasteiger partial charge is 0.259 e. The van der Waals surface area contributed by atoms with E-state index in [-0.39, 0.29) is 50.4 Å². The molecule has 2 aliphatic heterocycles. The van der Waals surface area contributed by atoms with Crippen LogP contribution in [0.1, 0.15) is 26.9 Å². The van der Waals surface area contributed by atoms with Gasteiger partial charge in [0.15, 0.2) is 12.4 Å². The normalized spacial score (nSPS) is 25.7. The molecule has 3 aromatic carbocycles. The second-order valence-corrected chi connectivity index (χ2v) is 9.58. The molecule has 194 valence electrons. The van der Waals surface area contributed by atoms with Crippen LogP contribution in [-0.4, -0.2) is 62.6 Å². The molecule has 0 spiro atoms. The van der Waals surface area contributed by atoms with Crippen molar-refractivity contribution in [2.24, 2.45) is 5.73 Å². The molecule has 6 N–H and O–H groups in total. The van der Waals surface area contributed by atoms with Crippen LogP contribution in [0, 0.1) is 11.6 Å². The number of halogens is 3. The number of nitrogens with one attached hydrogen (secondary N) is 2. The molecule has 12 heteroatoms. The Labute approximate surface area is 210 Å². The third kappa shape index (κ3) is 2.85. The fourth-order valence-electron chi connectivity index (χ4n) is 5.89. The van der Waals surface area contributed by atoms with Gasteiger partial charge in [0.25, 0.3) is 11.8 Å². The summed E-state index contributed by atoms with van der Waals surface area (Å²) in [6.07, 6.45) is -8.31. The molecule has 1 fully saturated rings. The van der Waals surface area contributed by atoms with E-state index < -0.39 is 54.2 Å². The van der Waals surface area contributed by atoms with E-state index in [0.717, 1.165) is 6.07 Å². The molecule has 0 unspecified atom stereocenters. The predicted octanol–water partition coefficient (Wildman–Crippen LogP) is 2.51. The quantitative estimate of drug-likeness (QED) is 0.225. The van der Waals surface area contributed by atoms with Gasteiger partial charge in [-0.1, -0.05) is 0 Å². The number of amides is 2. The molecule has 2 amide bonds. The number of hydrogen-bond donors (Lipinski definition) is 5. The van der Waals surface area contributed by atoms with E-state index in [1.807, 2.05) is 0 Å². The van der Waals surface area contributed by atoms with Gasteiger partial charge in [0, 0.05) is 33.6 Å². The fraction of sp³-hybridized carbons (Fsp3) is 0.231. The zero-order valence-corrected chi connectivity index (χ0v) is 19.3. The summed E-state index contributed by atoms with van der Waals surface area (Å²) in [5.74, 6) is -2.65. The number of alkyl halides is 1. The summed E-state index contributed by atoms with van der Waals surface area (Å²) < 4.78 is 50.8. The number of carbonyl (C=O) groups excluding carboxylic acids is 2. The molecule has 0 saturated carbocycles. The first-order chi connectivity index (χ1) is 18.2. The second kappa shape index (κ2) is 7.77. The van der Waals surface area contributed by atoms with Crippen LogP contribution in [0.3, 0.4) is 0 Å². The van der Waals surface area contributed by atoms with E-state index in [0.29, 0.717) is 10.9 Å². The number of H-pyrrole nitrogens is 1. The van der Waals surface area contributed by atoms with Crippen molar-refractivity contribution in [3.63, 3.8) is 0 Å². The highest BCUT2D eigenvalue weighted by Crippen LogP contribution is 2.46. The zero-order chi connectivity index (χ0) is 26.6. The molecule has 2 aromatic heterocycles. The lowest BCUT2D eigenvalue weighted by Crippen LogP contribution is -2.55. The summed E-state index contributed by atoms with van der Waals surface area (Å²) in [5.41, 5.74) is 6.82. The number of aromatic nitrogens is 2. The average Bonchev–Trinajstić information content (AvgIpc) is 3.51. The average molecular weight is 524 g/mol. The monoisotopic (exact) mass is 524 g/mol. The lowest BCUT2D eigenvalue weighted by Gasteiger charge is -2.40. The largest absolute Gasteiger partial charge is 0.387 e. The molecule has 38 heavy (non-hydrogen) atoms. The second-order valence-electron chi connectivity index (χ2n) is 9.58. The van der Waals surface area contributed by atoms with Crippen LogP contribution in [0.15, 0.2) is 36.4 Å². The number of nitrogens with zero attached hydrogens (tertiary/aromatic N) is 1. The minimum absolute atomic E-state index is 0.00790. The van der Waals surface area contributed by atoms with Crippen molar-refractivity contribution < 1.29 is 37.7 Å². The van der Waals surface area contributed by atoms with Gasteiger partial charge in [-0.05, 0) is 36.4 Å². The van der Waals surface area contributed by atoms with E-state index in [1.54, 1.807) is 0 Å². The summed E-state index contributed by atoms with van der Waals surface area (Å²) >= 11 is 0. The van der Waals surface area contributed by atoms with Crippen LogP contribution in [-0.2, 0) is 4.74 Å². The first-order valence-corrected chi connectivity index (χ1v) is 11.8. The molecular weight excluding hydrogens is 505 g/mol. The Morgan fingerprint density at radius 3 is 2.32 bits per heavy atom. The third-order valence-electron chi connectivity index (χ3n) is 7.52. The zero-order valence-electron chi connectivity index (χ0n) is 19.3. The minimum Gasteiger partial charge on any atom is -0.387 e. The Hall–Kier alpha value is -3.97. The Morgan fingerprint density at radius 2 is 1.61 bits per heavy atom. The van der Waals surface area contributed by atoms with Gasteiger partial charge in [-0.2, -0.15) is 0 Å². The van der Waals surface area contributed by atoms with Crippen molar-refractivity contribution in [1.82, 2.24) is 14.9 Å². The predicted molar refractivity (Wildman–Crippen MR) is 130 cm³/mol. The van der Waals surface area contributed by atoms with Gasteiger partial charge in [0.05, 0.1) is 27.7 Å². The summed E-state index contributed by atoms with van der Waals surface area (Å²) in [4.78, 5) is 29.3. The highest BCUT2D eigenvalue weighted by Gasteiger charge is 2.47. The van der Waals surface area contributed by atoms with Crippen LogP contribution in [0.4, 0.5) is 13.2 Å². The molecule has 0 radical (unpaired) electrons. The Balaban J connectivity index is 1.72. The maximum atomic E-state index is 14.7. The number of ether oxygens (including phenoxy) is 1.